The number of benzene rings is 1. The van der Waals surface area contributed by atoms with Gasteiger partial charge in [0, 0.05) is 24.4 Å². The first kappa shape index (κ1) is 14.5. The predicted octanol–water partition coefficient (Wildman–Crippen LogP) is 3.77. The first-order chi connectivity index (χ1) is 10.0. The van der Waals surface area contributed by atoms with Crippen molar-refractivity contribution in [2.24, 2.45) is 7.05 Å². The molecule has 0 saturated heterocycles. The van der Waals surface area contributed by atoms with Crippen molar-refractivity contribution in [3.8, 4) is 0 Å². The number of aryl methyl sites for hydroxylation is 1. The molecule has 0 unspecified atom stereocenters. The molecule has 21 heavy (non-hydrogen) atoms. The smallest absolute Gasteiger partial charge is 0.139 e. The van der Waals surface area contributed by atoms with Crippen molar-refractivity contribution in [1.82, 2.24) is 19.3 Å². The second-order valence-electron chi connectivity index (χ2n) is 4.88. The van der Waals surface area contributed by atoms with Crippen LogP contribution in [-0.4, -0.2) is 19.3 Å². The highest BCUT2D eigenvalue weighted by Gasteiger charge is 2.15. The lowest BCUT2D eigenvalue weighted by Gasteiger charge is -2.08. The minimum absolute atomic E-state index is 0.271. The van der Waals surface area contributed by atoms with E-state index < -0.39 is 0 Å². The van der Waals surface area contributed by atoms with Crippen LogP contribution < -0.4 is 0 Å². The number of fused-ring (bicyclic) bond motifs is 1. The first-order valence-corrected chi connectivity index (χ1v) is 7.71. The minimum Gasteiger partial charge on any atom is -0.322 e. The van der Waals surface area contributed by atoms with Crippen molar-refractivity contribution in [3.05, 3.63) is 45.7 Å². The minimum atomic E-state index is -0.312. The molecule has 110 valence electrons. The van der Waals surface area contributed by atoms with Gasteiger partial charge in [0.15, 0.2) is 0 Å². The fraction of sp³-hybridized carbons (Fsp3) is 0.286. The molecule has 0 bridgehead atoms. The fourth-order valence-electron chi connectivity index (χ4n) is 2.32. The lowest BCUT2D eigenvalue weighted by Crippen LogP contribution is -2.05. The van der Waals surface area contributed by atoms with Gasteiger partial charge in [0.2, 0.25) is 0 Å². The Balaban J connectivity index is 2.16. The summed E-state index contributed by atoms with van der Waals surface area (Å²) in [4.78, 5) is 4.47. The number of aromatic nitrogens is 4. The van der Waals surface area contributed by atoms with Crippen molar-refractivity contribution < 1.29 is 4.39 Å². The third-order valence-corrected chi connectivity index (χ3v) is 4.50. The molecule has 0 aliphatic carbocycles. The van der Waals surface area contributed by atoms with E-state index in [1.807, 2.05) is 29.4 Å². The topological polar surface area (TPSA) is 35.6 Å². The average Bonchev–Trinajstić information content (AvgIpc) is 2.95. The third kappa shape index (κ3) is 2.46. The fourth-order valence-corrected chi connectivity index (χ4v) is 2.85. The second-order valence-corrected chi connectivity index (χ2v) is 6.00. The van der Waals surface area contributed by atoms with E-state index in [2.05, 4.69) is 26.0 Å². The van der Waals surface area contributed by atoms with Crippen molar-refractivity contribution in [1.29, 1.82) is 0 Å². The molecule has 3 rings (SSSR count). The van der Waals surface area contributed by atoms with Crippen LogP contribution in [0.1, 0.15) is 17.1 Å². The van der Waals surface area contributed by atoms with Gasteiger partial charge in [0.05, 0.1) is 34.1 Å². The van der Waals surface area contributed by atoms with E-state index in [0.717, 1.165) is 22.3 Å². The van der Waals surface area contributed by atoms with Gasteiger partial charge < -0.3 is 4.57 Å². The number of imidazole rings is 1. The van der Waals surface area contributed by atoms with Crippen LogP contribution in [0.5, 0.6) is 0 Å². The highest BCUT2D eigenvalue weighted by Crippen LogP contribution is 2.26. The quantitative estimate of drug-likeness (QED) is 0.657. The third-order valence-electron chi connectivity index (χ3n) is 3.65. The Morgan fingerprint density at radius 2 is 2.14 bits per heavy atom. The van der Waals surface area contributed by atoms with Crippen LogP contribution in [0.4, 0.5) is 4.39 Å². The Morgan fingerprint density at radius 3 is 2.76 bits per heavy atom. The number of hydrogen-bond acceptors (Lipinski definition) is 2. The van der Waals surface area contributed by atoms with Gasteiger partial charge in [-0.3, -0.25) is 4.68 Å². The molecule has 0 aliphatic heterocycles. The zero-order chi connectivity index (χ0) is 15.1. The van der Waals surface area contributed by atoms with E-state index in [1.165, 1.54) is 6.07 Å². The highest BCUT2D eigenvalue weighted by atomic mass is 79.9. The molecule has 2 heterocycles. The van der Waals surface area contributed by atoms with Crippen molar-refractivity contribution >= 4 is 38.6 Å². The number of rotatable bonds is 3. The van der Waals surface area contributed by atoms with Crippen LogP contribution in [0.15, 0.2) is 22.8 Å². The molecular weight excluding hydrogens is 359 g/mol. The Bertz CT molecular complexity index is 824. The molecular formula is C14H13BrClFN4. The first-order valence-electron chi connectivity index (χ1n) is 6.39. The van der Waals surface area contributed by atoms with Crippen LogP contribution in [-0.2, 0) is 19.5 Å². The Labute approximate surface area is 134 Å². The van der Waals surface area contributed by atoms with Gasteiger partial charge in [-0.2, -0.15) is 5.10 Å². The molecule has 0 N–H and O–H groups in total. The Hall–Kier alpha value is -1.40. The number of nitrogens with zero attached hydrogens (tertiary/aromatic N) is 4. The Morgan fingerprint density at radius 1 is 1.38 bits per heavy atom. The maximum absolute atomic E-state index is 13.8. The van der Waals surface area contributed by atoms with Crippen LogP contribution in [0.2, 0.25) is 0 Å². The zero-order valence-electron chi connectivity index (χ0n) is 11.6. The zero-order valence-corrected chi connectivity index (χ0v) is 13.9. The monoisotopic (exact) mass is 370 g/mol. The maximum atomic E-state index is 13.8. The molecule has 0 fully saturated rings. The second kappa shape index (κ2) is 5.42. The molecule has 3 aromatic rings. The Kier molecular flexibility index (Phi) is 3.75. The van der Waals surface area contributed by atoms with Crippen molar-refractivity contribution in [3.63, 3.8) is 0 Å². The molecule has 0 atom stereocenters. The van der Waals surface area contributed by atoms with E-state index in [-0.39, 0.29) is 11.7 Å². The maximum Gasteiger partial charge on any atom is 0.139 e. The molecule has 0 radical (unpaired) electrons. The summed E-state index contributed by atoms with van der Waals surface area (Å²) in [6, 6.07) is 3.15. The van der Waals surface area contributed by atoms with E-state index in [0.29, 0.717) is 16.8 Å². The number of halogens is 3. The van der Waals surface area contributed by atoms with E-state index >= 15 is 0 Å². The average molecular weight is 372 g/mol. The van der Waals surface area contributed by atoms with Gasteiger partial charge >= 0.3 is 0 Å². The van der Waals surface area contributed by atoms with E-state index in [1.54, 1.807) is 6.07 Å². The summed E-state index contributed by atoms with van der Waals surface area (Å²) in [7, 11) is 1.89. The molecule has 0 saturated carbocycles. The molecule has 0 spiro atoms. The SMILES string of the molecule is Cc1c(Cn2c(CCl)nc3cc(Br)c(F)cc32)cnn1C. The molecule has 2 aromatic heterocycles. The number of alkyl halides is 1. The van der Waals surface area contributed by atoms with Crippen LogP contribution in [0.3, 0.4) is 0 Å². The summed E-state index contributed by atoms with van der Waals surface area (Å²) in [5.74, 6) is 0.674. The summed E-state index contributed by atoms with van der Waals surface area (Å²) in [6.07, 6.45) is 1.81. The molecule has 4 nitrogen and oxygen atoms in total. The van der Waals surface area contributed by atoms with E-state index in [4.69, 9.17) is 11.6 Å². The molecule has 1 aromatic carbocycles. The summed E-state index contributed by atoms with van der Waals surface area (Å²) in [5, 5.41) is 4.23. The molecule has 0 amide bonds. The van der Waals surface area contributed by atoms with Crippen LogP contribution >= 0.6 is 27.5 Å². The molecule has 0 aliphatic rings. The standard InChI is InChI=1S/C14H13BrClFN4/c1-8-9(6-18-20(8)2)7-21-13-4-11(17)10(15)3-12(13)19-14(21)5-16/h3-4,6H,5,7H2,1-2H3. The van der Waals surface area contributed by atoms with Crippen LogP contribution in [0.25, 0.3) is 11.0 Å². The summed E-state index contributed by atoms with van der Waals surface area (Å²) in [6.45, 7) is 2.57. The van der Waals surface area contributed by atoms with Crippen LogP contribution in [0, 0.1) is 12.7 Å². The van der Waals surface area contributed by atoms with Gasteiger partial charge in [-0.25, -0.2) is 9.37 Å². The van der Waals surface area contributed by atoms with Crippen molar-refractivity contribution in [2.75, 3.05) is 0 Å². The normalized spacial score (nSPS) is 11.5. The highest BCUT2D eigenvalue weighted by molar-refractivity contribution is 9.10. The summed E-state index contributed by atoms with van der Waals surface area (Å²) in [5.41, 5.74) is 3.58. The number of hydrogen-bond donors (Lipinski definition) is 0. The molecule has 7 heteroatoms. The lowest BCUT2D eigenvalue weighted by molar-refractivity contribution is 0.621. The summed E-state index contributed by atoms with van der Waals surface area (Å²) >= 11 is 9.17. The van der Waals surface area contributed by atoms with Gasteiger partial charge in [-0.15, -0.1) is 11.6 Å². The van der Waals surface area contributed by atoms with Crippen molar-refractivity contribution in [2.45, 2.75) is 19.3 Å². The van der Waals surface area contributed by atoms with E-state index in [9.17, 15) is 4.39 Å². The van der Waals surface area contributed by atoms with Gasteiger partial charge in [-0.05, 0) is 28.9 Å². The van der Waals surface area contributed by atoms with Gasteiger partial charge in [0.25, 0.3) is 0 Å². The largest absolute Gasteiger partial charge is 0.322 e. The summed E-state index contributed by atoms with van der Waals surface area (Å²) < 4.78 is 18.0. The lowest BCUT2D eigenvalue weighted by atomic mass is 10.2. The van der Waals surface area contributed by atoms with Gasteiger partial charge in [0.1, 0.15) is 11.6 Å². The predicted molar refractivity (Wildman–Crippen MR) is 84.0 cm³/mol. The van der Waals surface area contributed by atoms with Gasteiger partial charge in [-0.1, -0.05) is 0 Å².